The molecule has 1 aromatic carbocycles. The highest BCUT2D eigenvalue weighted by Crippen LogP contribution is 2.44. The molecule has 0 fully saturated rings. The Morgan fingerprint density at radius 2 is 1.30 bits per heavy atom. The predicted molar refractivity (Wildman–Crippen MR) is 127 cm³/mol. The molecule has 3 heteroatoms. The highest BCUT2D eigenvalue weighted by atomic mass is 28.3. The Morgan fingerprint density at radius 3 is 1.83 bits per heavy atom. The van der Waals surface area contributed by atoms with E-state index < -0.39 is 8.07 Å². The summed E-state index contributed by atoms with van der Waals surface area (Å²) in [5.74, 6) is 2.53. The van der Waals surface area contributed by atoms with Gasteiger partial charge < -0.3 is 9.47 Å². The largest absolute Gasteiger partial charge is 0.497 e. The maximum atomic E-state index is 5.90. The molecule has 5 rings (SSSR count). The average Bonchev–Trinajstić information content (AvgIpc) is 3.43. The topological polar surface area (TPSA) is 18.5 Å². The molecule has 0 spiro atoms. The smallest absolute Gasteiger partial charge is 0.151 e. The van der Waals surface area contributed by atoms with Crippen LogP contribution in [-0.4, -0.2) is 22.3 Å². The van der Waals surface area contributed by atoms with E-state index in [1.807, 2.05) is 6.07 Å². The predicted octanol–water partition coefficient (Wildman–Crippen LogP) is 5.29. The molecule has 2 unspecified atom stereocenters. The summed E-state index contributed by atoms with van der Waals surface area (Å²) in [5, 5.41) is 4.17. The molecule has 0 heterocycles. The quantitative estimate of drug-likeness (QED) is 0.615. The summed E-state index contributed by atoms with van der Waals surface area (Å²) in [5.41, 5.74) is 2.83. The van der Waals surface area contributed by atoms with Gasteiger partial charge in [-0.1, -0.05) is 79.5 Å². The summed E-state index contributed by atoms with van der Waals surface area (Å²) in [7, 11) is 1.12. The summed E-state index contributed by atoms with van der Waals surface area (Å²) in [4.78, 5) is 0. The van der Waals surface area contributed by atoms with Gasteiger partial charge in [0.2, 0.25) is 0 Å². The van der Waals surface area contributed by atoms with E-state index in [2.05, 4.69) is 91.6 Å². The van der Waals surface area contributed by atoms with E-state index in [1.54, 1.807) is 14.2 Å². The van der Waals surface area contributed by atoms with E-state index >= 15 is 0 Å². The van der Waals surface area contributed by atoms with Gasteiger partial charge in [-0.15, -0.1) is 0 Å². The number of methoxy groups -OCH3 is 2. The third kappa shape index (κ3) is 2.77. The molecule has 0 saturated heterocycles. The maximum absolute atomic E-state index is 5.90. The second kappa shape index (κ2) is 7.33. The molecule has 0 saturated carbocycles. The van der Waals surface area contributed by atoms with Gasteiger partial charge in [-0.25, -0.2) is 0 Å². The molecule has 0 radical (unpaired) electrons. The fraction of sp³-hybridized carbons (Fsp3) is 0.185. The number of benzene rings is 1. The zero-order valence-electron chi connectivity index (χ0n) is 17.6. The molecular weight excluding hydrogens is 384 g/mol. The summed E-state index contributed by atoms with van der Waals surface area (Å²) in [6.07, 6.45) is 27.1. The Labute approximate surface area is 179 Å². The van der Waals surface area contributed by atoms with Gasteiger partial charge in [-0.3, -0.25) is 0 Å². The number of hydrogen-bond donors (Lipinski definition) is 0. The standard InChI is InChI=1S/C27H26O2Si/c1-28-21-14-15-24(29-2)27(18-21)30(3,25-16-12-19-8-4-6-10-22(19)25)26-17-13-20-9-5-7-11-23(20)26/h4-20H,1-3H3. The Kier molecular flexibility index (Phi) is 4.63. The summed E-state index contributed by atoms with van der Waals surface area (Å²) >= 11 is 0. The van der Waals surface area contributed by atoms with Crippen LogP contribution in [0.25, 0.3) is 0 Å². The molecule has 0 amide bonds. The molecule has 2 nitrogen and oxygen atoms in total. The molecule has 4 aliphatic rings. The van der Waals surface area contributed by atoms with E-state index in [4.69, 9.17) is 9.47 Å². The van der Waals surface area contributed by atoms with Crippen molar-refractivity contribution in [2.75, 3.05) is 14.2 Å². The van der Waals surface area contributed by atoms with Gasteiger partial charge in [0.25, 0.3) is 0 Å². The highest BCUT2D eigenvalue weighted by molar-refractivity contribution is 7.04. The summed E-state index contributed by atoms with van der Waals surface area (Å²) < 4.78 is 11.5. The van der Waals surface area contributed by atoms with Crippen molar-refractivity contribution in [3.05, 3.63) is 113 Å². The van der Waals surface area contributed by atoms with Crippen molar-refractivity contribution in [3.8, 4) is 11.5 Å². The minimum atomic E-state index is -2.38. The van der Waals surface area contributed by atoms with E-state index in [1.165, 1.54) is 26.7 Å². The van der Waals surface area contributed by atoms with Crippen LogP contribution >= 0.6 is 0 Å². The zero-order valence-corrected chi connectivity index (χ0v) is 18.6. The highest BCUT2D eigenvalue weighted by Gasteiger charge is 2.44. The van der Waals surface area contributed by atoms with Gasteiger partial charge in [-0.2, -0.15) is 0 Å². The summed E-state index contributed by atoms with van der Waals surface area (Å²) in [6.45, 7) is 2.46. The minimum absolute atomic E-state index is 0.363. The van der Waals surface area contributed by atoms with Crippen molar-refractivity contribution in [1.82, 2.24) is 0 Å². The van der Waals surface area contributed by atoms with Crippen LogP contribution in [0.15, 0.2) is 113 Å². The third-order valence-electron chi connectivity index (χ3n) is 6.71. The van der Waals surface area contributed by atoms with Crippen molar-refractivity contribution in [3.63, 3.8) is 0 Å². The normalized spacial score (nSPS) is 25.0. The van der Waals surface area contributed by atoms with E-state index in [9.17, 15) is 0 Å². The SMILES string of the molecule is COc1ccc(OC)c([Si](C)(C2=C3C=CC=CC3C=C2)C2=C3C=CC=CC3C=C2)c1. The molecule has 4 aliphatic carbocycles. The minimum Gasteiger partial charge on any atom is -0.497 e. The lowest BCUT2D eigenvalue weighted by molar-refractivity contribution is 0.405. The van der Waals surface area contributed by atoms with Crippen LogP contribution < -0.4 is 14.7 Å². The van der Waals surface area contributed by atoms with Crippen molar-refractivity contribution in [2.45, 2.75) is 6.55 Å². The number of allylic oxidation sites excluding steroid dienone is 16. The van der Waals surface area contributed by atoms with Crippen molar-refractivity contribution in [1.29, 1.82) is 0 Å². The molecule has 0 bridgehead atoms. The van der Waals surface area contributed by atoms with Gasteiger partial charge >= 0.3 is 0 Å². The lowest BCUT2D eigenvalue weighted by atomic mass is 9.98. The Hall–Kier alpha value is -3.04. The van der Waals surface area contributed by atoms with Crippen LogP contribution in [0.4, 0.5) is 0 Å². The number of hydrogen-bond acceptors (Lipinski definition) is 2. The van der Waals surface area contributed by atoms with Crippen LogP contribution in [-0.2, 0) is 0 Å². The zero-order chi connectivity index (χ0) is 20.7. The van der Waals surface area contributed by atoms with Crippen LogP contribution in [0.2, 0.25) is 6.55 Å². The van der Waals surface area contributed by atoms with E-state index in [0.29, 0.717) is 11.8 Å². The van der Waals surface area contributed by atoms with E-state index in [0.717, 1.165) is 11.5 Å². The number of rotatable bonds is 5. The van der Waals surface area contributed by atoms with E-state index in [-0.39, 0.29) is 0 Å². The first kappa shape index (κ1) is 19.0. The molecule has 0 aliphatic heterocycles. The second-order valence-electron chi connectivity index (χ2n) is 8.19. The van der Waals surface area contributed by atoms with Crippen LogP contribution in [0.3, 0.4) is 0 Å². The Bertz CT molecular complexity index is 1080. The second-order valence-corrected chi connectivity index (χ2v) is 12.1. The van der Waals surface area contributed by atoms with Crippen LogP contribution in [0.5, 0.6) is 11.5 Å². The summed E-state index contributed by atoms with van der Waals surface area (Å²) in [6, 6.07) is 6.23. The molecule has 0 N–H and O–H groups in total. The lowest BCUT2D eigenvalue weighted by Gasteiger charge is -2.34. The molecule has 150 valence electrons. The first-order valence-electron chi connectivity index (χ1n) is 10.4. The number of ether oxygens (including phenoxy) is 2. The van der Waals surface area contributed by atoms with Crippen molar-refractivity contribution in [2.24, 2.45) is 11.8 Å². The fourth-order valence-electron chi connectivity index (χ4n) is 5.13. The Balaban J connectivity index is 1.81. The van der Waals surface area contributed by atoms with Gasteiger partial charge in [0.15, 0.2) is 8.07 Å². The third-order valence-corrected chi connectivity index (χ3v) is 11.2. The lowest BCUT2D eigenvalue weighted by Crippen LogP contribution is -2.50. The number of fused-ring (bicyclic) bond motifs is 2. The van der Waals surface area contributed by atoms with Crippen LogP contribution in [0, 0.1) is 11.8 Å². The van der Waals surface area contributed by atoms with Crippen molar-refractivity contribution >= 4 is 13.3 Å². The monoisotopic (exact) mass is 410 g/mol. The van der Waals surface area contributed by atoms with Gasteiger partial charge in [0.05, 0.1) is 14.2 Å². The molecule has 30 heavy (non-hydrogen) atoms. The molecular formula is C27H26O2Si. The van der Waals surface area contributed by atoms with Crippen molar-refractivity contribution < 1.29 is 9.47 Å². The average molecular weight is 411 g/mol. The molecule has 1 aromatic rings. The first-order chi connectivity index (χ1) is 14.7. The van der Waals surface area contributed by atoms with Gasteiger partial charge in [0.1, 0.15) is 11.5 Å². The van der Waals surface area contributed by atoms with Gasteiger partial charge in [-0.05, 0) is 44.9 Å². The first-order valence-corrected chi connectivity index (χ1v) is 12.9. The van der Waals surface area contributed by atoms with Crippen LogP contribution in [0.1, 0.15) is 0 Å². The van der Waals surface area contributed by atoms with Gasteiger partial charge in [0, 0.05) is 11.8 Å². The Morgan fingerprint density at radius 1 is 0.700 bits per heavy atom. The molecule has 0 aromatic heterocycles. The maximum Gasteiger partial charge on any atom is 0.151 e. The molecule has 2 atom stereocenters. The fourth-order valence-corrected chi connectivity index (χ4v) is 9.63.